The minimum Gasteiger partial charge on any atom is -0.340 e. The maximum atomic E-state index is 13.2. The van der Waals surface area contributed by atoms with Crippen molar-refractivity contribution < 1.29 is 0 Å². The van der Waals surface area contributed by atoms with Crippen molar-refractivity contribution in [2.24, 2.45) is 18.7 Å². The van der Waals surface area contributed by atoms with Crippen LogP contribution in [0.3, 0.4) is 0 Å². The van der Waals surface area contributed by atoms with Crippen LogP contribution in [0.4, 0.5) is 11.5 Å². The number of hydrogen-bond acceptors (Lipinski definition) is 5. The zero-order valence-electron chi connectivity index (χ0n) is 18.6. The summed E-state index contributed by atoms with van der Waals surface area (Å²) in [7, 11) is 1.51. The Morgan fingerprint density at radius 1 is 1.03 bits per heavy atom. The molecule has 0 bridgehead atoms. The van der Waals surface area contributed by atoms with Crippen LogP contribution in [0.2, 0.25) is 0 Å². The summed E-state index contributed by atoms with van der Waals surface area (Å²) in [6.45, 7) is 5.40. The quantitative estimate of drug-likeness (QED) is 0.468. The molecular weight excluding hydrogens is 404 g/mol. The Bertz CT molecular complexity index is 1370. The van der Waals surface area contributed by atoms with E-state index in [4.69, 9.17) is 10.8 Å². The van der Waals surface area contributed by atoms with Gasteiger partial charge in [0.05, 0.1) is 6.54 Å². The highest BCUT2D eigenvalue weighted by molar-refractivity contribution is 5.89. The first-order chi connectivity index (χ1) is 15.4. The molecule has 166 valence electrons. The van der Waals surface area contributed by atoms with Crippen molar-refractivity contribution in [3.63, 3.8) is 0 Å². The summed E-state index contributed by atoms with van der Waals surface area (Å²) in [5, 5.41) is 8.50. The van der Waals surface area contributed by atoms with Crippen molar-refractivity contribution in [3.8, 4) is 0 Å². The van der Waals surface area contributed by atoms with Gasteiger partial charge in [-0.2, -0.15) is 5.10 Å². The summed E-state index contributed by atoms with van der Waals surface area (Å²) >= 11 is 0. The van der Waals surface area contributed by atoms with Gasteiger partial charge in [0.15, 0.2) is 5.65 Å². The molecule has 0 aliphatic carbocycles. The molecule has 0 radical (unpaired) electrons. The number of benzene rings is 2. The van der Waals surface area contributed by atoms with E-state index in [1.165, 1.54) is 7.05 Å². The van der Waals surface area contributed by atoms with E-state index < -0.39 is 0 Å². The third-order valence-corrected chi connectivity index (χ3v) is 5.37. The van der Waals surface area contributed by atoms with Crippen molar-refractivity contribution in [1.82, 2.24) is 18.9 Å². The summed E-state index contributed by atoms with van der Waals surface area (Å²) in [5.41, 5.74) is 8.32. The van der Waals surface area contributed by atoms with Crippen LogP contribution in [0.1, 0.15) is 25.0 Å². The number of fused-ring (bicyclic) bond motifs is 1. The fourth-order valence-corrected chi connectivity index (χ4v) is 3.82. The molecule has 0 aliphatic heterocycles. The van der Waals surface area contributed by atoms with Crippen LogP contribution in [0.5, 0.6) is 0 Å². The predicted octanol–water partition coefficient (Wildman–Crippen LogP) is 2.80. The summed E-state index contributed by atoms with van der Waals surface area (Å²) in [4.78, 5) is 26.1. The van der Waals surface area contributed by atoms with Crippen LogP contribution in [0.15, 0.2) is 64.2 Å². The molecule has 4 rings (SSSR count). The number of hydrogen-bond donors (Lipinski definition) is 2. The van der Waals surface area contributed by atoms with Gasteiger partial charge in [0.2, 0.25) is 0 Å². The second-order valence-electron chi connectivity index (χ2n) is 8.37. The van der Waals surface area contributed by atoms with Crippen molar-refractivity contribution in [3.05, 3.63) is 86.6 Å². The highest BCUT2D eigenvalue weighted by Gasteiger charge is 2.22. The first kappa shape index (κ1) is 21.6. The van der Waals surface area contributed by atoms with E-state index in [9.17, 15) is 9.59 Å². The number of nitrogens with two attached hydrogens (primary N) is 1. The van der Waals surface area contributed by atoms with E-state index in [0.717, 1.165) is 21.4 Å². The van der Waals surface area contributed by atoms with E-state index in [2.05, 4.69) is 5.32 Å². The number of rotatable bonds is 7. The summed E-state index contributed by atoms with van der Waals surface area (Å²) < 4.78 is 4.50. The van der Waals surface area contributed by atoms with Crippen molar-refractivity contribution in [1.29, 1.82) is 0 Å². The van der Waals surface area contributed by atoms with Gasteiger partial charge < -0.3 is 11.1 Å². The average Bonchev–Trinajstić information content (AvgIpc) is 3.13. The molecule has 2 heterocycles. The van der Waals surface area contributed by atoms with E-state index in [0.29, 0.717) is 36.5 Å². The van der Waals surface area contributed by atoms with Gasteiger partial charge in [0, 0.05) is 25.8 Å². The van der Waals surface area contributed by atoms with Gasteiger partial charge in [-0.3, -0.25) is 13.9 Å². The van der Waals surface area contributed by atoms with Crippen molar-refractivity contribution in [2.45, 2.75) is 33.5 Å². The summed E-state index contributed by atoms with van der Waals surface area (Å²) in [6, 6.07) is 17.6. The first-order valence-corrected chi connectivity index (χ1v) is 10.7. The lowest BCUT2D eigenvalue weighted by atomic mass is 10.1. The monoisotopic (exact) mass is 432 g/mol. The number of nitrogens with one attached hydrogen (secondary N) is 1. The van der Waals surface area contributed by atoms with Crippen LogP contribution in [0.25, 0.3) is 11.0 Å². The van der Waals surface area contributed by atoms with Crippen LogP contribution < -0.4 is 22.3 Å². The maximum Gasteiger partial charge on any atom is 0.332 e. The number of nitrogens with zero attached hydrogens (tertiary/aromatic N) is 4. The number of aromatic nitrogens is 4. The second kappa shape index (κ2) is 8.84. The van der Waals surface area contributed by atoms with Gasteiger partial charge in [0.25, 0.3) is 5.56 Å². The molecule has 4 aromatic rings. The van der Waals surface area contributed by atoms with Crippen LogP contribution in [-0.2, 0) is 26.7 Å². The second-order valence-corrected chi connectivity index (χ2v) is 8.37. The lowest BCUT2D eigenvalue weighted by Crippen LogP contribution is -2.38. The van der Waals surface area contributed by atoms with Crippen molar-refractivity contribution >= 4 is 22.5 Å². The minimum atomic E-state index is -0.370. The maximum absolute atomic E-state index is 13.2. The highest BCUT2D eigenvalue weighted by Crippen LogP contribution is 2.25. The third-order valence-electron chi connectivity index (χ3n) is 5.37. The Morgan fingerprint density at radius 2 is 1.75 bits per heavy atom. The average molecular weight is 433 g/mol. The molecule has 0 amide bonds. The molecule has 0 unspecified atom stereocenters. The number of anilines is 2. The molecule has 8 nitrogen and oxygen atoms in total. The Labute approximate surface area is 185 Å². The van der Waals surface area contributed by atoms with Gasteiger partial charge in [-0.15, -0.1) is 0 Å². The van der Waals surface area contributed by atoms with Gasteiger partial charge in [-0.05, 0) is 29.2 Å². The Hall–Kier alpha value is -3.65. The smallest absolute Gasteiger partial charge is 0.332 e. The molecule has 0 spiro atoms. The zero-order valence-corrected chi connectivity index (χ0v) is 18.6. The largest absolute Gasteiger partial charge is 0.340 e. The van der Waals surface area contributed by atoms with E-state index in [1.54, 1.807) is 9.25 Å². The van der Waals surface area contributed by atoms with Gasteiger partial charge in [-0.25, -0.2) is 9.48 Å². The van der Waals surface area contributed by atoms with Gasteiger partial charge >= 0.3 is 5.69 Å². The predicted molar refractivity (Wildman–Crippen MR) is 127 cm³/mol. The molecule has 0 fully saturated rings. The molecule has 8 heteroatoms. The van der Waals surface area contributed by atoms with E-state index in [1.807, 2.05) is 68.4 Å². The molecule has 0 saturated heterocycles. The fourth-order valence-electron chi connectivity index (χ4n) is 3.82. The van der Waals surface area contributed by atoms with Gasteiger partial charge in [-0.1, -0.05) is 56.3 Å². The van der Waals surface area contributed by atoms with E-state index >= 15 is 0 Å². The van der Waals surface area contributed by atoms with Gasteiger partial charge in [0.1, 0.15) is 11.2 Å². The standard InChI is InChI=1S/C24H28N6O2/c1-16(2)14-29-22-20(23(31)28(3)24(29)32)21(26-19-10-5-4-6-11-19)30(27-22)15-18-9-7-8-17(12-18)13-25/h4-12,16,26H,13-15,25H2,1-3H3. The highest BCUT2D eigenvalue weighted by atomic mass is 16.2. The lowest BCUT2D eigenvalue weighted by Gasteiger charge is -2.12. The lowest BCUT2D eigenvalue weighted by molar-refractivity contribution is 0.498. The molecule has 0 saturated carbocycles. The van der Waals surface area contributed by atoms with Crippen LogP contribution >= 0.6 is 0 Å². The molecule has 2 aromatic carbocycles. The molecule has 2 aromatic heterocycles. The molecule has 0 atom stereocenters. The van der Waals surface area contributed by atoms with Crippen LogP contribution in [-0.4, -0.2) is 18.9 Å². The summed E-state index contributed by atoms with van der Waals surface area (Å²) in [5.74, 6) is 0.771. The van der Waals surface area contributed by atoms with Crippen LogP contribution in [0, 0.1) is 5.92 Å². The SMILES string of the molecule is CC(C)Cn1c(=O)n(C)c(=O)c2c(Nc3ccccc3)n(Cc3cccc(CN)c3)nc21. The fraction of sp³-hybridized carbons (Fsp3) is 0.292. The zero-order chi connectivity index (χ0) is 22.8. The Morgan fingerprint density at radius 3 is 2.44 bits per heavy atom. The Kier molecular flexibility index (Phi) is 5.96. The Balaban J connectivity index is 1.96. The summed E-state index contributed by atoms with van der Waals surface area (Å²) in [6.07, 6.45) is 0. The number of para-hydroxylation sites is 1. The first-order valence-electron chi connectivity index (χ1n) is 10.7. The van der Waals surface area contributed by atoms with Crippen molar-refractivity contribution in [2.75, 3.05) is 5.32 Å². The minimum absolute atomic E-state index is 0.213. The molecular formula is C24H28N6O2. The van der Waals surface area contributed by atoms with E-state index in [-0.39, 0.29) is 17.2 Å². The topological polar surface area (TPSA) is 99.9 Å². The molecule has 0 aliphatic rings. The molecule has 32 heavy (non-hydrogen) atoms. The third kappa shape index (κ3) is 4.09. The molecule has 3 N–H and O–H groups in total. The normalized spacial score (nSPS) is 11.4.